The highest BCUT2D eigenvalue weighted by Gasteiger charge is 2.34. The van der Waals surface area contributed by atoms with Crippen LogP contribution < -0.4 is 0 Å². The van der Waals surface area contributed by atoms with Gasteiger partial charge < -0.3 is 9.30 Å². The number of aromatic nitrogens is 3. The predicted octanol–water partition coefficient (Wildman–Crippen LogP) is 4.43. The number of hydrogen-bond acceptors (Lipinski definition) is 4. The monoisotopic (exact) mass is 391 g/mol. The van der Waals surface area contributed by atoms with Gasteiger partial charge in [0.2, 0.25) is 0 Å². The van der Waals surface area contributed by atoms with Gasteiger partial charge in [-0.3, -0.25) is 9.88 Å². The van der Waals surface area contributed by atoms with Gasteiger partial charge in [-0.05, 0) is 90.5 Å². The van der Waals surface area contributed by atoms with Crippen molar-refractivity contribution < 1.29 is 0 Å². The van der Waals surface area contributed by atoms with Gasteiger partial charge in [0.15, 0.2) is 0 Å². The lowest BCUT2D eigenvalue weighted by Gasteiger charge is -2.39. The largest absolute Gasteiger partial charge is 0.309 e. The van der Waals surface area contributed by atoms with E-state index in [1.807, 2.05) is 12.3 Å². The molecule has 0 radical (unpaired) electrons. The topological polar surface area (TPSA) is 36.7 Å². The average Bonchev–Trinajstić information content (AvgIpc) is 3.07. The van der Waals surface area contributed by atoms with Gasteiger partial charge in [-0.25, -0.2) is 4.98 Å². The van der Waals surface area contributed by atoms with E-state index in [9.17, 15) is 0 Å². The van der Waals surface area contributed by atoms with E-state index in [0.717, 1.165) is 37.9 Å². The number of pyridine rings is 2. The first-order valence-electron chi connectivity index (χ1n) is 10.8. The lowest BCUT2D eigenvalue weighted by atomic mass is 9.90. The molecule has 0 bridgehead atoms. The van der Waals surface area contributed by atoms with Crippen molar-refractivity contribution in [2.75, 3.05) is 27.7 Å². The smallest absolute Gasteiger partial charge is 0.137 e. The Morgan fingerprint density at radius 1 is 1.07 bits per heavy atom. The maximum atomic E-state index is 5.12. The first-order valence-corrected chi connectivity index (χ1v) is 10.8. The first-order chi connectivity index (χ1) is 14.1. The Kier molecular flexibility index (Phi) is 5.97. The molecule has 0 aliphatic carbocycles. The van der Waals surface area contributed by atoms with Gasteiger partial charge in [-0.15, -0.1) is 0 Å². The summed E-state index contributed by atoms with van der Waals surface area (Å²) in [5.41, 5.74) is 6.20. The molecule has 2 atom stereocenters. The molecular weight excluding hydrogens is 358 g/mol. The molecule has 1 fully saturated rings. The third-order valence-electron chi connectivity index (χ3n) is 6.30. The molecule has 3 aromatic heterocycles. The second kappa shape index (κ2) is 8.64. The van der Waals surface area contributed by atoms with E-state index in [-0.39, 0.29) is 0 Å². The fourth-order valence-electron chi connectivity index (χ4n) is 4.78. The molecule has 3 aromatic rings. The number of aryl methyl sites for hydroxylation is 2. The van der Waals surface area contributed by atoms with Crippen molar-refractivity contribution in [2.24, 2.45) is 0 Å². The third-order valence-corrected chi connectivity index (χ3v) is 6.30. The summed E-state index contributed by atoms with van der Waals surface area (Å²) in [5, 5.41) is 0. The Morgan fingerprint density at radius 3 is 2.62 bits per heavy atom. The highest BCUT2D eigenvalue weighted by Crippen LogP contribution is 2.41. The Balaban J connectivity index is 1.68. The van der Waals surface area contributed by atoms with E-state index >= 15 is 0 Å². The van der Waals surface area contributed by atoms with E-state index in [1.165, 1.54) is 29.1 Å². The maximum absolute atomic E-state index is 5.12. The summed E-state index contributed by atoms with van der Waals surface area (Å²) in [6.45, 7) is 3.27. The van der Waals surface area contributed by atoms with Crippen LogP contribution in [-0.2, 0) is 6.42 Å². The van der Waals surface area contributed by atoms with Crippen molar-refractivity contribution in [3.05, 3.63) is 65.4 Å². The molecule has 0 spiro atoms. The molecule has 4 heterocycles. The van der Waals surface area contributed by atoms with Crippen molar-refractivity contribution in [3.63, 3.8) is 0 Å². The number of piperidine rings is 1. The highest BCUT2D eigenvalue weighted by atomic mass is 15.2. The Morgan fingerprint density at radius 2 is 1.86 bits per heavy atom. The summed E-state index contributed by atoms with van der Waals surface area (Å²) >= 11 is 0. The number of imidazole rings is 1. The maximum Gasteiger partial charge on any atom is 0.137 e. The summed E-state index contributed by atoms with van der Waals surface area (Å²) in [5.74, 6) is 0. The molecule has 0 N–H and O–H groups in total. The summed E-state index contributed by atoms with van der Waals surface area (Å²) in [6.07, 6.45) is 9.81. The van der Waals surface area contributed by atoms with Crippen LogP contribution >= 0.6 is 0 Å². The van der Waals surface area contributed by atoms with E-state index in [1.54, 1.807) is 0 Å². The molecule has 4 rings (SSSR count). The van der Waals surface area contributed by atoms with E-state index in [2.05, 4.69) is 72.7 Å². The van der Waals surface area contributed by atoms with Crippen LogP contribution in [0.3, 0.4) is 0 Å². The van der Waals surface area contributed by atoms with Crippen LogP contribution in [0.5, 0.6) is 0 Å². The molecule has 0 amide bonds. The van der Waals surface area contributed by atoms with Gasteiger partial charge in [0.05, 0.1) is 23.5 Å². The van der Waals surface area contributed by atoms with Gasteiger partial charge in [0.25, 0.3) is 0 Å². The fourth-order valence-corrected chi connectivity index (χ4v) is 4.78. The Hall–Kier alpha value is -2.24. The quantitative estimate of drug-likeness (QED) is 0.623. The van der Waals surface area contributed by atoms with Gasteiger partial charge in [0, 0.05) is 18.1 Å². The number of nitrogens with zero attached hydrogens (tertiary/aromatic N) is 5. The number of fused-ring (bicyclic) bond motifs is 1. The van der Waals surface area contributed by atoms with Crippen molar-refractivity contribution >= 4 is 5.65 Å². The molecule has 29 heavy (non-hydrogen) atoms. The minimum atomic E-state index is 0.337. The van der Waals surface area contributed by atoms with Crippen molar-refractivity contribution in [3.8, 4) is 0 Å². The van der Waals surface area contributed by atoms with Crippen LogP contribution in [0.4, 0.5) is 0 Å². The predicted molar refractivity (Wildman–Crippen MR) is 118 cm³/mol. The average molecular weight is 392 g/mol. The zero-order chi connectivity index (χ0) is 20.4. The second-order valence-corrected chi connectivity index (χ2v) is 8.61. The number of rotatable bonds is 6. The lowest BCUT2D eigenvalue weighted by molar-refractivity contribution is 0.108. The summed E-state index contributed by atoms with van der Waals surface area (Å²) in [7, 11) is 6.55. The van der Waals surface area contributed by atoms with Gasteiger partial charge in [0.1, 0.15) is 5.65 Å². The normalized spacial score (nSPS) is 20.6. The van der Waals surface area contributed by atoms with Crippen LogP contribution in [-0.4, -0.2) is 51.9 Å². The van der Waals surface area contributed by atoms with Gasteiger partial charge in [-0.2, -0.15) is 0 Å². The van der Waals surface area contributed by atoms with Gasteiger partial charge >= 0.3 is 0 Å². The molecule has 5 nitrogen and oxygen atoms in total. The SMILES string of the molecule is Cc1cccnc1[C@@H]1CCC[C@H](c2nc3ccccn3c2CCCN(C)C)N1C. The van der Waals surface area contributed by atoms with Gasteiger partial charge in [-0.1, -0.05) is 12.1 Å². The third kappa shape index (κ3) is 4.07. The number of hydrogen-bond donors (Lipinski definition) is 0. The zero-order valence-corrected chi connectivity index (χ0v) is 18.2. The van der Waals surface area contributed by atoms with Crippen LogP contribution in [0.1, 0.15) is 60.4 Å². The molecule has 1 aliphatic rings. The second-order valence-electron chi connectivity index (χ2n) is 8.61. The first kappa shape index (κ1) is 20.0. The zero-order valence-electron chi connectivity index (χ0n) is 18.2. The summed E-state index contributed by atoms with van der Waals surface area (Å²) < 4.78 is 2.30. The van der Waals surface area contributed by atoms with Crippen molar-refractivity contribution in [1.29, 1.82) is 0 Å². The Bertz CT molecular complexity index is 961. The summed E-state index contributed by atoms with van der Waals surface area (Å²) in [4.78, 5) is 14.6. The molecular formula is C24H33N5. The molecule has 154 valence electrons. The minimum absolute atomic E-state index is 0.337. The van der Waals surface area contributed by atoms with E-state index < -0.39 is 0 Å². The van der Waals surface area contributed by atoms with Crippen LogP contribution in [0.25, 0.3) is 5.65 Å². The molecule has 1 aliphatic heterocycles. The highest BCUT2D eigenvalue weighted by molar-refractivity contribution is 5.44. The molecule has 0 aromatic carbocycles. The van der Waals surface area contributed by atoms with Crippen molar-refractivity contribution in [1.82, 2.24) is 24.2 Å². The minimum Gasteiger partial charge on any atom is -0.309 e. The van der Waals surface area contributed by atoms with Crippen LogP contribution in [0.15, 0.2) is 42.7 Å². The molecule has 1 saturated heterocycles. The van der Waals surface area contributed by atoms with E-state index in [4.69, 9.17) is 9.97 Å². The summed E-state index contributed by atoms with van der Waals surface area (Å²) in [6, 6.07) is 11.2. The van der Waals surface area contributed by atoms with Crippen molar-refractivity contribution in [2.45, 2.75) is 51.1 Å². The molecule has 0 unspecified atom stereocenters. The lowest BCUT2D eigenvalue weighted by Crippen LogP contribution is -2.34. The van der Waals surface area contributed by atoms with E-state index in [0.29, 0.717) is 12.1 Å². The molecule has 5 heteroatoms. The van der Waals surface area contributed by atoms with Crippen LogP contribution in [0.2, 0.25) is 0 Å². The standard InChI is InChI=1S/C24H33N5/c1-18-10-8-15-25-23(18)19-11-7-12-20(28(19)4)24-21(13-9-16-27(2)3)29-17-6-5-14-22(29)26-24/h5-6,8,10,14-15,17,19-20H,7,9,11-13,16H2,1-4H3/t19-,20+/m0/s1. The number of likely N-dealkylation sites (tertiary alicyclic amines) is 1. The van der Waals surface area contributed by atoms with Crippen LogP contribution in [0, 0.1) is 6.92 Å². The fraction of sp³-hybridized carbons (Fsp3) is 0.500. The molecule has 0 saturated carbocycles. The Labute approximate surface area is 174 Å².